The molecule has 2 nitrogen and oxygen atoms in total. The third kappa shape index (κ3) is 5.64. The van der Waals surface area contributed by atoms with Gasteiger partial charge in [0, 0.05) is 0 Å². The third-order valence-corrected chi connectivity index (χ3v) is 6.78. The fourth-order valence-electron chi connectivity index (χ4n) is 4.96. The average molecular weight is 489 g/mol. The molecule has 36 heavy (non-hydrogen) atoms. The first kappa shape index (κ1) is 27.1. The predicted molar refractivity (Wildman–Crippen MR) is 145 cm³/mol. The first-order valence-corrected chi connectivity index (χ1v) is 12.1. The van der Waals surface area contributed by atoms with E-state index in [0.29, 0.717) is 5.57 Å². The summed E-state index contributed by atoms with van der Waals surface area (Å²) in [7, 11) is 0. The molecule has 188 valence electrons. The predicted octanol–water partition coefficient (Wildman–Crippen LogP) is 9.06. The number of Topliss-reactive ketones (excluding diaryl/α,β-unsaturated/α-hetero) is 1. The Labute approximate surface area is 213 Å². The zero-order chi connectivity index (χ0) is 26.8. The molecule has 3 rings (SSSR count). The maximum Gasteiger partial charge on any atom is 0.163 e. The van der Waals surface area contributed by atoms with Crippen molar-refractivity contribution in [3.8, 4) is 5.75 Å². The highest BCUT2D eigenvalue weighted by molar-refractivity contribution is 6.14. The van der Waals surface area contributed by atoms with Crippen molar-refractivity contribution in [3.05, 3.63) is 107 Å². The van der Waals surface area contributed by atoms with Crippen LogP contribution in [0, 0.1) is 17.0 Å². The first-order chi connectivity index (χ1) is 16.8. The summed E-state index contributed by atoms with van der Waals surface area (Å²) in [6.07, 6.45) is 0.830. The van der Waals surface area contributed by atoms with Crippen LogP contribution in [0.4, 0.5) is 8.78 Å². The van der Waals surface area contributed by atoms with E-state index in [4.69, 9.17) is 0 Å². The van der Waals surface area contributed by atoms with Crippen LogP contribution in [0.2, 0.25) is 0 Å². The van der Waals surface area contributed by atoms with E-state index in [0.717, 1.165) is 39.8 Å². The van der Waals surface area contributed by atoms with Crippen LogP contribution < -0.4 is 0 Å². The Morgan fingerprint density at radius 3 is 1.83 bits per heavy atom. The van der Waals surface area contributed by atoms with E-state index in [1.54, 1.807) is 36.4 Å². The highest BCUT2D eigenvalue weighted by atomic mass is 19.1. The average Bonchev–Trinajstić information content (AvgIpc) is 2.80. The number of benzene rings is 3. The van der Waals surface area contributed by atoms with Gasteiger partial charge in [0.1, 0.15) is 17.4 Å². The van der Waals surface area contributed by atoms with E-state index in [1.807, 2.05) is 6.92 Å². The summed E-state index contributed by atoms with van der Waals surface area (Å²) >= 11 is 0. The minimum atomic E-state index is -0.355. The smallest absolute Gasteiger partial charge is 0.163 e. The minimum absolute atomic E-state index is 0.0878. The zero-order valence-corrected chi connectivity index (χ0v) is 21.9. The second-order valence-corrected chi connectivity index (χ2v) is 10.3. The number of hydrogen-bond donors (Lipinski definition) is 1. The Bertz CT molecular complexity index is 1310. The summed E-state index contributed by atoms with van der Waals surface area (Å²) in [4.78, 5) is 12.3. The van der Waals surface area contributed by atoms with Crippen LogP contribution >= 0.6 is 0 Å². The van der Waals surface area contributed by atoms with Gasteiger partial charge in [-0.25, -0.2) is 8.78 Å². The number of ketones is 1. The number of phenolic OH excluding ortho intramolecular Hbond substituents is 1. The number of phenols is 1. The van der Waals surface area contributed by atoms with Gasteiger partial charge in [0.25, 0.3) is 0 Å². The molecule has 0 bridgehead atoms. The van der Waals surface area contributed by atoms with E-state index >= 15 is 0 Å². The fraction of sp³-hybridized carbons (Fsp3) is 0.281. The van der Waals surface area contributed by atoms with Gasteiger partial charge in [0.15, 0.2) is 5.78 Å². The van der Waals surface area contributed by atoms with Gasteiger partial charge in [-0.3, -0.25) is 4.79 Å². The number of aromatic hydroxyl groups is 1. The second kappa shape index (κ2) is 10.6. The van der Waals surface area contributed by atoms with E-state index in [-0.39, 0.29) is 40.1 Å². The van der Waals surface area contributed by atoms with E-state index in [2.05, 4.69) is 34.3 Å². The molecule has 0 saturated carbocycles. The normalized spacial score (nSPS) is 13.2. The van der Waals surface area contributed by atoms with E-state index < -0.39 is 0 Å². The standard InChI is InChI=1S/C32H34F2O2/c1-8-29(32(5,6)7)28-17-27(21(4)35)30(36)18-26(28)20(3)31(23-11-15-25(34)16-12-23)19(2)22-9-13-24(33)14-10-22/h9-18,29,36H,2,8H2,1,3-7H3/b31-20-/t29-/m1/s1. The van der Waals surface area contributed by atoms with Crippen molar-refractivity contribution in [1.82, 2.24) is 0 Å². The zero-order valence-electron chi connectivity index (χ0n) is 21.9. The fourth-order valence-corrected chi connectivity index (χ4v) is 4.96. The van der Waals surface area contributed by atoms with Gasteiger partial charge in [-0.2, -0.15) is 0 Å². The molecule has 0 spiro atoms. The third-order valence-electron chi connectivity index (χ3n) is 6.78. The minimum Gasteiger partial charge on any atom is -0.507 e. The van der Waals surface area contributed by atoms with Crippen LogP contribution in [0.25, 0.3) is 16.7 Å². The first-order valence-electron chi connectivity index (χ1n) is 12.1. The number of carbonyl (C=O) groups is 1. The van der Waals surface area contributed by atoms with E-state index in [9.17, 15) is 18.7 Å². The van der Waals surface area contributed by atoms with Crippen LogP contribution in [0.15, 0.2) is 67.2 Å². The van der Waals surface area contributed by atoms with Gasteiger partial charge in [0.05, 0.1) is 5.56 Å². The molecule has 0 aromatic heterocycles. The van der Waals surface area contributed by atoms with Crippen LogP contribution in [-0.4, -0.2) is 10.9 Å². The maximum absolute atomic E-state index is 13.8. The highest BCUT2D eigenvalue weighted by Crippen LogP contribution is 2.45. The highest BCUT2D eigenvalue weighted by Gasteiger charge is 2.29. The number of halogens is 2. The molecule has 0 aliphatic heterocycles. The molecule has 0 fully saturated rings. The van der Waals surface area contributed by atoms with Crippen molar-refractivity contribution in [3.63, 3.8) is 0 Å². The molecule has 0 aliphatic carbocycles. The topological polar surface area (TPSA) is 37.3 Å². The van der Waals surface area contributed by atoms with Crippen LogP contribution in [0.1, 0.15) is 86.5 Å². The van der Waals surface area contributed by atoms with Gasteiger partial charge < -0.3 is 5.11 Å². The monoisotopic (exact) mass is 488 g/mol. The summed E-state index contributed by atoms with van der Waals surface area (Å²) in [5.74, 6) is -0.908. The molecule has 0 unspecified atom stereocenters. The SMILES string of the molecule is C=C(/C(=C(\C)c1cc(O)c(C(C)=O)cc1[C@@H](CC)C(C)(C)C)c1ccc(F)cc1)c1ccc(F)cc1. The van der Waals surface area contributed by atoms with Gasteiger partial charge in [0.2, 0.25) is 0 Å². The van der Waals surface area contributed by atoms with Crippen molar-refractivity contribution in [2.24, 2.45) is 5.41 Å². The summed E-state index contributed by atoms with van der Waals surface area (Å²) in [5.41, 5.74) is 5.60. The van der Waals surface area contributed by atoms with Gasteiger partial charge in [-0.1, -0.05) is 58.5 Å². The Morgan fingerprint density at radius 2 is 1.39 bits per heavy atom. The largest absolute Gasteiger partial charge is 0.507 e. The molecule has 3 aromatic carbocycles. The molecule has 0 amide bonds. The molecule has 0 aliphatic rings. The molecule has 1 N–H and O–H groups in total. The lowest BCUT2D eigenvalue weighted by Gasteiger charge is -2.33. The maximum atomic E-state index is 13.8. The number of allylic oxidation sites excluding steroid dienone is 3. The molecule has 0 heterocycles. The van der Waals surface area contributed by atoms with Crippen molar-refractivity contribution in [2.45, 2.75) is 53.9 Å². The van der Waals surface area contributed by atoms with Crippen LogP contribution in [0.5, 0.6) is 5.75 Å². The molecular weight excluding hydrogens is 454 g/mol. The summed E-state index contributed by atoms with van der Waals surface area (Å²) < 4.78 is 27.5. The van der Waals surface area contributed by atoms with Gasteiger partial charge >= 0.3 is 0 Å². The second-order valence-electron chi connectivity index (χ2n) is 10.3. The number of rotatable bonds is 7. The lowest BCUT2D eigenvalue weighted by Crippen LogP contribution is -2.19. The summed E-state index contributed by atoms with van der Waals surface area (Å²) in [6, 6.07) is 15.7. The number of carbonyl (C=O) groups excluding carboxylic acids is 1. The molecule has 1 atom stereocenters. The van der Waals surface area contributed by atoms with Gasteiger partial charge in [-0.05, 0) is 107 Å². The Kier molecular flexibility index (Phi) is 7.98. The summed E-state index contributed by atoms with van der Waals surface area (Å²) in [6.45, 7) is 16.3. The van der Waals surface area contributed by atoms with Gasteiger partial charge in [-0.15, -0.1) is 0 Å². The van der Waals surface area contributed by atoms with Crippen molar-refractivity contribution >= 4 is 22.5 Å². The Morgan fingerprint density at radius 1 is 0.889 bits per heavy atom. The van der Waals surface area contributed by atoms with Crippen LogP contribution in [0.3, 0.4) is 0 Å². The lowest BCUT2D eigenvalue weighted by atomic mass is 9.72. The Hall–Kier alpha value is -3.53. The van der Waals surface area contributed by atoms with Crippen molar-refractivity contribution in [2.75, 3.05) is 0 Å². The molecule has 0 saturated heterocycles. The summed E-state index contributed by atoms with van der Waals surface area (Å²) in [5, 5.41) is 10.8. The van der Waals surface area contributed by atoms with E-state index in [1.165, 1.54) is 31.2 Å². The molecule has 3 aromatic rings. The Balaban J connectivity index is 2.40. The molecule has 4 heteroatoms. The van der Waals surface area contributed by atoms with Crippen LogP contribution in [-0.2, 0) is 0 Å². The lowest BCUT2D eigenvalue weighted by molar-refractivity contribution is 0.101. The van der Waals surface area contributed by atoms with Crippen molar-refractivity contribution < 1.29 is 18.7 Å². The van der Waals surface area contributed by atoms with Crippen molar-refractivity contribution in [1.29, 1.82) is 0 Å². The quantitative estimate of drug-likeness (QED) is 0.205. The number of hydrogen-bond acceptors (Lipinski definition) is 2. The molecular formula is C32H34F2O2. The molecule has 0 radical (unpaired) electrons.